The third kappa shape index (κ3) is 2.34. The van der Waals surface area contributed by atoms with Crippen LogP contribution in [-0.2, 0) is 0 Å². The summed E-state index contributed by atoms with van der Waals surface area (Å²) in [6.07, 6.45) is 0.307. The van der Waals surface area contributed by atoms with E-state index in [9.17, 15) is 14.5 Å². The van der Waals surface area contributed by atoms with Gasteiger partial charge in [-0.25, -0.2) is 0 Å². The molecule has 0 N–H and O–H groups in total. The molecule has 1 rings (SSSR count). The van der Waals surface area contributed by atoms with Crippen LogP contribution in [0.3, 0.4) is 0 Å². The number of rotatable bonds is 4. The van der Waals surface area contributed by atoms with E-state index in [1.165, 1.54) is 25.1 Å². The van der Waals surface area contributed by atoms with Crippen LogP contribution in [-0.4, -0.2) is 11.6 Å². The second-order valence-electron chi connectivity index (χ2n) is 3.16. The van der Waals surface area contributed by atoms with Crippen molar-refractivity contribution in [1.82, 2.24) is 0 Å². The Hall–Kier alpha value is -1.84. The van der Waals surface area contributed by atoms with Crippen molar-refractivity contribution in [3.05, 3.63) is 34.2 Å². The van der Waals surface area contributed by atoms with Gasteiger partial charge in [0.25, 0.3) is 0 Å². The highest BCUT2D eigenvalue weighted by atomic mass is 16.3. The number of carbonyl (C=O) groups is 2. The van der Waals surface area contributed by atoms with Gasteiger partial charge in [0.1, 0.15) is 5.69 Å². The number of nitrogens with zero attached hydrogens (tertiary/aromatic N) is 1. The summed E-state index contributed by atoms with van der Waals surface area (Å²) < 4.78 is 0. The lowest BCUT2D eigenvalue weighted by Gasteiger charge is -2.02. The number of hydrogen-bond donors (Lipinski definition) is 0. The van der Waals surface area contributed by atoms with Crippen molar-refractivity contribution in [2.45, 2.75) is 20.3 Å². The molecule has 15 heavy (non-hydrogen) atoms. The standard InChI is InChI=1S/C11H11NO3/c1-3-11(14)9-5-4-8(7(2)13)6-10(9)12-15/h4-6H,3H2,1-2H3. The predicted molar refractivity (Wildman–Crippen MR) is 56.5 cm³/mol. The van der Waals surface area contributed by atoms with Crippen LogP contribution in [0, 0.1) is 4.91 Å². The molecule has 0 aliphatic rings. The van der Waals surface area contributed by atoms with Crippen molar-refractivity contribution in [1.29, 1.82) is 0 Å². The van der Waals surface area contributed by atoms with Crippen LogP contribution in [0.2, 0.25) is 0 Å². The predicted octanol–water partition coefficient (Wildman–Crippen LogP) is 2.88. The third-order valence-electron chi connectivity index (χ3n) is 2.12. The summed E-state index contributed by atoms with van der Waals surface area (Å²) in [7, 11) is 0. The monoisotopic (exact) mass is 205 g/mol. The van der Waals surface area contributed by atoms with Gasteiger partial charge in [-0.15, -0.1) is 4.91 Å². The number of nitroso groups, excluding NO2 is 1. The first-order valence-corrected chi connectivity index (χ1v) is 4.61. The summed E-state index contributed by atoms with van der Waals surface area (Å²) in [6.45, 7) is 3.10. The molecule has 0 unspecified atom stereocenters. The largest absolute Gasteiger partial charge is 0.295 e. The van der Waals surface area contributed by atoms with Gasteiger partial charge in [-0.05, 0) is 24.2 Å². The van der Waals surface area contributed by atoms with E-state index in [0.29, 0.717) is 12.0 Å². The Morgan fingerprint density at radius 1 is 1.33 bits per heavy atom. The maximum Gasteiger partial charge on any atom is 0.164 e. The molecule has 0 bridgehead atoms. The van der Waals surface area contributed by atoms with Gasteiger partial charge in [0, 0.05) is 17.5 Å². The summed E-state index contributed by atoms with van der Waals surface area (Å²) in [6, 6.07) is 4.34. The minimum atomic E-state index is -0.157. The van der Waals surface area contributed by atoms with Gasteiger partial charge in [0.2, 0.25) is 0 Å². The van der Waals surface area contributed by atoms with Gasteiger partial charge in [-0.3, -0.25) is 9.59 Å². The Labute approximate surface area is 87.3 Å². The molecule has 0 heterocycles. The Morgan fingerprint density at radius 2 is 2.00 bits per heavy atom. The molecular weight excluding hydrogens is 194 g/mol. The highest BCUT2D eigenvalue weighted by molar-refractivity contribution is 6.02. The van der Waals surface area contributed by atoms with E-state index in [0.717, 1.165) is 0 Å². The molecule has 0 aromatic heterocycles. The topological polar surface area (TPSA) is 63.6 Å². The molecule has 0 spiro atoms. The first kappa shape index (κ1) is 11.2. The summed E-state index contributed by atoms with van der Waals surface area (Å²) >= 11 is 0. The molecule has 0 amide bonds. The fourth-order valence-electron chi connectivity index (χ4n) is 1.25. The second kappa shape index (κ2) is 4.59. The van der Waals surface area contributed by atoms with E-state index in [4.69, 9.17) is 0 Å². The number of hydrogen-bond acceptors (Lipinski definition) is 4. The molecule has 4 heteroatoms. The number of benzene rings is 1. The van der Waals surface area contributed by atoms with Crippen molar-refractivity contribution in [2.75, 3.05) is 0 Å². The number of ketones is 2. The lowest BCUT2D eigenvalue weighted by molar-refractivity contribution is 0.0984. The van der Waals surface area contributed by atoms with Crippen molar-refractivity contribution in [3.63, 3.8) is 0 Å². The first-order valence-electron chi connectivity index (χ1n) is 4.61. The molecule has 0 atom stereocenters. The van der Waals surface area contributed by atoms with Gasteiger partial charge in [-0.1, -0.05) is 13.0 Å². The number of carbonyl (C=O) groups excluding carboxylic acids is 2. The minimum Gasteiger partial charge on any atom is -0.295 e. The SMILES string of the molecule is CCC(=O)c1ccc(C(C)=O)cc1N=O. The van der Waals surface area contributed by atoms with E-state index < -0.39 is 0 Å². The zero-order valence-corrected chi connectivity index (χ0v) is 8.61. The molecule has 0 saturated heterocycles. The average Bonchev–Trinajstić information content (AvgIpc) is 2.27. The van der Waals surface area contributed by atoms with Crippen molar-refractivity contribution in [3.8, 4) is 0 Å². The smallest absolute Gasteiger partial charge is 0.164 e. The molecule has 0 aliphatic heterocycles. The summed E-state index contributed by atoms with van der Waals surface area (Å²) in [5.41, 5.74) is 0.698. The Bertz CT molecular complexity index is 424. The van der Waals surface area contributed by atoms with E-state index in [1.54, 1.807) is 6.92 Å². The van der Waals surface area contributed by atoms with Gasteiger partial charge in [0.05, 0.1) is 0 Å². The molecule has 78 valence electrons. The minimum absolute atomic E-state index is 0.0366. The lowest BCUT2D eigenvalue weighted by Crippen LogP contribution is -1.99. The fraction of sp³-hybridized carbons (Fsp3) is 0.273. The van der Waals surface area contributed by atoms with Crippen LogP contribution < -0.4 is 0 Å². The van der Waals surface area contributed by atoms with Crippen molar-refractivity contribution in [2.24, 2.45) is 5.18 Å². The van der Waals surface area contributed by atoms with Crippen molar-refractivity contribution >= 4 is 17.3 Å². The second-order valence-corrected chi connectivity index (χ2v) is 3.16. The highest BCUT2D eigenvalue weighted by Crippen LogP contribution is 2.22. The highest BCUT2D eigenvalue weighted by Gasteiger charge is 2.12. The molecular formula is C11H11NO3. The van der Waals surface area contributed by atoms with E-state index >= 15 is 0 Å². The van der Waals surface area contributed by atoms with Crippen molar-refractivity contribution < 1.29 is 9.59 Å². The normalized spacial score (nSPS) is 9.73. The summed E-state index contributed by atoms with van der Waals surface area (Å²) in [5.74, 6) is -0.310. The maximum absolute atomic E-state index is 11.4. The van der Waals surface area contributed by atoms with E-state index in [1.807, 2.05) is 0 Å². The summed E-state index contributed by atoms with van der Waals surface area (Å²) in [4.78, 5) is 32.9. The zero-order chi connectivity index (χ0) is 11.4. The van der Waals surface area contributed by atoms with Crippen LogP contribution in [0.1, 0.15) is 41.0 Å². The first-order chi connectivity index (χ1) is 7.10. The maximum atomic E-state index is 11.4. The number of Topliss-reactive ketones (excluding diaryl/α,β-unsaturated/α-hetero) is 2. The van der Waals surface area contributed by atoms with Gasteiger partial charge < -0.3 is 0 Å². The van der Waals surface area contributed by atoms with Gasteiger partial charge in [0.15, 0.2) is 11.6 Å². The summed E-state index contributed by atoms with van der Waals surface area (Å²) in [5, 5.41) is 2.76. The Balaban J connectivity index is 3.26. The molecule has 4 nitrogen and oxygen atoms in total. The molecule has 0 aliphatic carbocycles. The van der Waals surface area contributed by atoms with Crippen LogP contribution >= 0.6 is 0 Å². The molecule has 0 fully saturated rings. The lowest BCUT2D eigenvalue weighted by atomic mass is 10.0. The van der Waals surface area contributed by atoms with Crippen LogP contribution in [0.25, 0.3) is 0 Å². The van der Waals surface area contributed by atoms with Gasteiger partial charge in [-0.2, -0.15) is 0 Å². The van der Waals surface area contributed by atoms with Crippen LogP contribution in [0.4, 0.5) is 5.69 Å². The fourth-order valence-corrected chi connectivity index (χ4v) is 1.25. The Kier molecular flexibility index (Phi) is 3.44. The molecule has 0 radical (unpaired) electrons. The van der Waals surface area contributed by atoms with E-state index in [2.05, 4.69) is 5.18 Å². The third-order valence-corrected chi connectivity index (χ3v) is 2.12. The van der Waals surface area contributed by atoms with Crippen LogP contribution in [0.5, 0.6) is 0 Å². The zero-order valence-electron chi connectivity index (χ0n) is 8.61. The quantitative estimate of drug-likeness (QED) is 0.560. The molecule has 1 aromatic carbocycles. The Morgan fingerprint density at radius 3 is 2.47 bits per heavy atom. The van der Waals surface area contributed by atoms with Crippen LogP contribution in [0.15, 0.2) is 23.4 Å². The molecule has 0 saturated carbocycles. The average molecular weight is 205 g/mol. The van der Waals surface area contributed by atoms with Gasteiger partial charge >= 0.3 is 0 Å². The molecule has 1 aromatic rings. The van der Waals surface area contributed by atoms with E-state index in [-0.39, 0.29) is 22.8 Å².